The minimum Gasteiger partial charge on any atom is -0.318 e. The van der Waals surface area contributed by atoms with Gasteiger partial charge in [0.1, 0.15) is 14.2 Å². The first-order valence-corrected chi connectivity index (χ1v) is 4.90. The van der Waals surface area contributed by atoms with Gasteiger partial charge in [0.05, 0.1) is 0 Å². The van der Waals surface area contributed by atoms with Crippen LogP contribution in [0.4, 0.5) is 0 Å². The molecule has 0 aliphatic rings. The normalized spacial score (nSPS) is 14.8. The van der Waals surface area contributed by atoms with Gasteiger partial charge in [-0.1, -0.05) is 12.5 Å². The summed E-state index contributed by atoms with van der Waals surface area (Å²) in [6.07, 6.45) is 4.54. The summed E-state index contributed by atoms with van der Waals surface area (Å²) in [5.74, 6) is 0. The smallest absolute Gasteiger partial charge is 0.142 e. The number of rotatable bonds is 0. The Morgan fingerprint density at radius 1 is 1.20 bits per heavy atom. The highest BCUT2D eigenvalue weighted by atomic mass is 32.3. The minimum atomic E-state index is -0.167. The summed E-state index contributed by atoms with van der Waals surface area (Å²) in [7, 11) is 4.38. The largest absolute Gasteiger partial charge is 0.318 e. The Balaban J connectivity index is 3.02. The van der Waals surface area contributed by atoms with Gasteiger partial charge in [0.15, 0.2) is 0 Å². The Kier molecular flexibility index (Phi) is 1.42. The van der Waals surface area contributed by atoms with Crippen molar-refractivity contribution in [1.82, 2.24) is 0 Å². The van der Waals surface area contributed by atoms with E-state index >= 15 is 0 Å². The van der Waals surface area contributed by atoms with Crippen LogP contribution in [0.2, 0.25) is 0 Å². The van der Waals surface area contributed by atoms with E-state index < -0.39 is 0 Å². The van der Waals surface area contributed by atoms with E-state index in [1.807, 2.05) is 0 Å². The predicted molar refractivity (Wildman–Crippen MR) is 36.5 cm³/mol. The lowest BCUT2D eigenvalue weighted by molar-refractivity contribution is 2.33. The van der Waals surface area contributed by atoms with E-state index in [-0.39, 0.29) is 9.73 Å². The maximum absolute atomic E-state index is 2.27. The third-order valence-electron chi connectivity index (χ3n) is 0. The fraction of sp³-hybridized carbons (Fsp3) is 1.00. The third kappa shape index (κ3) is 120. The Bertz CT molecular complexity index is 23.1. The molecule has 5 heavy (non-hydrogen) atoms. The molecule has 0 radical (unpaired) electrons. The van der Waals surface area contributed by atoms with Gasteiger partial charge in [-0.25, -0.2) is 0 Å². The molecule has 30 valence electrons. The zero-order chi connectivity index (χ0) is 4.50. The van der Waals surface area contributed by atoms with Crippen LogP contribution in [0, 0.1) is 0 Å². The predicted octanol–water partition coefficient (Wildman–Crippen LogP) is -0.853. The molecule has 0 aromatic rings. The molecule has 0 amide bonds. The molecule has 0 aliphatic heterocycles. The summed E-state index contributed by atoms with van der Waals surface area (Å²) in [4.78, 5) is 0. The first-order valence-electron chi connectivity index (χ1n) is 1.63. The molecule has 0 aromatic heterocycles. The zero-order valence-electron chi connectivity index (χ0n) is 4.41. The highest BCUT2D eigenvalue weighted by molar-refractivity contribution is 8.63. The fourth-order valence-electron chi connectivity index (χ4n) is 0. The fourth-order valence-corrected chi connectivity index (χ4v) is 0. The van der Waals surface area contributed by atoms with Crippen LogP contribution in [0.1, 0.15) is 0 Å². The summed E-state index contributed by atoms with van der Waals surface area (Å²) in [5, 5.41) is 0. The van der Waals surface area contributed by atoms with Crippen molar-refractivity contribution >= 4 is 24.0 Å². The minimum absolute atomic E-state index is 0.167. The Morgan fingerprint density at radius 2 is 1.20 bits per heavy atom. The van der Waals surface area contributed by atoms with Crippen LogP contribution in [-0.2, 0) is 0 Å². The summed E-state index contributed by atoms with van der Waals surface area (Å²) in [5.41, 5.74) is 0. The van der Waals surface area contributed by atoms with E-state index in [0.717, 1.165) is 0 Å². The summed E-state index contributed by atoms with van der Waals surface area (Å²) < 4.78 is 0. The van der Waals surface area contributed by atoms with Gasteiger partial charge >= 0.3 is 0 Å². The monoisotopic (exact) mass is 88.1 g/mol. The van der Waals surface area contributed by atoms with E-state index in [9.17, 15) is 0 Å². The molecular weight excluding hydrogens is 77.7 g/mol. The molecule has 0 atom stereocenters. The molecule has 0 N–H and O–H groups in total. The molecular formula is C2H10B2S. The van der Waals surface area contributed by atoms with Crippen molar-refractivity contribution in [2.24, 2.45) is 0 Å². The van der Waals surface area contributed by atoms with Gasteiger partial charge in [0.2, 0.25) is 0 Å². The van der Waals surface area contributed by atoms with Crippen LogP contribution in [0.15, 0.2) is 0 Å². The van der Waals surface area contributed by atoms with Crippen molar-refractivity contribution in [2.75, 3.05) is 12.5 Å². The zero-order valence-corrected chi connectivity index (χ0v) is 5.22. The quantitative estimate of drug-likeness (QED) is 0.338. The summed E-state index contributed by atoms with van der Waals surface area (Å²) in [6, 6.07) is 0. The Labute approximate surface area is 37.3 Å². The molecule has 0 rings (SSSR count). The standard InChI is InChI=1S/C2H10B2S/c1-5(2,3)4/h3-4H2,1-2H3. The lowest BCUT2D eigenvalue weighted by Crippen LogP contribution is -1.88. The molecule has 0 bridgehead atoms. The van der Waals surface area contributed by atoms with Crippen molar-refractivity contribution in [2.45, 2.75) is 0 Å². The van der Waals surface area contributed by atoms with Crippen molar-refractivity contribution in [3.8, 4) is 0 Å². The molecule has 0 saturated carbocycles. The topological polar surface area (TPSA) is 0 Å². The van der Waals surface area contributed by atoms with Gasteiger partial charge in [0.25, 0.3) is 0 Å². The average Bonchev–Trinajstić information content (AvgIpc) is 0.722. The molecule has 0 aromatic carbocycles. The van der Waals surface area contributed by atoms with Gasteiger partial charge in [-0.2, -0.15) is 0 Å². The molecule has 0 aliphatic carbocycles. The van der Waals surface area contributed by atoms with E-state index in [0.29, 0.717) is 0 Å². The van der Waals surface area contributed by atoms with Crippen LogP contribution in [0.5, 0.6) is 0 Å². The van der Waals surface area contributed by atoms with E-state index in [1.165, 1.54) is 0 Å². The first kappa shape index (κ1) is 5.48. The summed E-state index contributed by atoms with van der Waals surface area (Å²) in [6.45, 7) is 0. The van der Waals surface area contributed by atoms with Crippen LogP contribution >= 0.6 is 9.73 Å². The van der Waals surface area contributed by atoms with Gasteiger partial charge < -0.3 is 9.73 Å². The maximum Gasteiger partial charge on any atom is 0.142 e. The van der Waals surface area contributed by atoms with Crippen molar-refractivity contribution in [1.29, 1.82) is 0 Å². The van der Waals surface area contributed by atoms with Gasteiger partial charge in [-0.3, -0.25) is 0 Å². The van der Waals surface area contributed by atoms with Crippen LogP contribution in [0.3, 0.4) is 0 Å². The van der Waals surface area contributed by atoms with Crippen molar-refractivity contribution in [3.05, 3.63) is 0 Å². The lowest BCUT2D eigenvalue weighted by Gasteiger charge is -2.15. The molecule has 0 fully saturated rings. The first-order chi connectivity index (χ1) is 2.00. The molecule has 0 saturated heterocycles. The van der Waals surface area contributed by atoms with Crippen LogP contribution in [-0.4, -0.2) is 26.8 Å². The number of hydrogen-bond donors (Lipinski definition) is 0. The molecule has 0 heterocycles. The van der Waals surface area contributed by atoms with Gasteiger partial charge in [0, 0.05) is 0 Å². The van der Waals surface area contributed by atoms with Crippen molar-refractivity contribution in [3.63, 3.8) is 0 Å². The SMILES string of the molecule is BS(B)(C)C. The molecule has 0 nitrogen and oxygen atoms in total. The van der Waals surface area contributed by atoms with E-state index in [4.69, 9.17) is 0 Å². The summed E-state index contributed by atoms with van der Waals surface area (Å²) >= 11 is 0. The Morgan fingerprint density at radius 3 is 1.20 bits per heavy atom. The van der Waals surface area contributed by atoms with E-state index in [1.54, 1.807) is 0 Å². The molecule has 0 spiro atoms. The molecule has 0 unspecified atom stereocenters. The lowest BCUT2D eigenvalue weighted by atomic mass is 10.7. The highest BCUT2D eigenvalue weighted by Gasteiger charge is 1.88. The third-order valence-corrected chi connectivity index (χ3v) is 0. The van der Waals surface area contributed by atoms with Gasteiger partial charge in [-0.05, 0) is 0 Å². The van der Waals surface area contributed by atoms with Crippen LogP contribution < -0.4 is 0 Å². The maximum atomic E-state index is 2.27. The number of hydrogen-bond acceptors (Lipinski definition) is 0. The molecule has 3 heteroatoms. The van der Waals surface area contributed by atoms with Gasteiger partial charge in [-0.15, -0.1) is 0 Å². The highest BCUT2D eigenvalue weighted by Crippen LogP contribution is 2.23. The van der Waals surface area contributed by atoms with E-state index in [2.05, 4.69) is 26.8 Å². The van der Waals surface area contributed by atoms with Crippen LogP contribution in [0.25, 0.3) is 0 Å². The van der Waals surface area contributed by atoms with Crippen molar-refractivity contribution < 1.29 is 0 Å². The second-order valence-corrected chi connectivity index (χ2v) is 7.35. The second-order valence-electron chi connectivity index (χ2n) is 2.45. The average molecular weight is 87.8 g/mol. The Hall–Kier alpha value is 0.480. The second kappa shape index (κ2) is 1.29.